The van der Waals surface area contributed by atoms with Gasteiger partial charge in [0.25, 0.3) is 5.91 Å². The van der Waals surface area contributed by atoms with Crippen LogP contribution in [0.2, 0.25) is 0 Å². The molecule has 1 N–H and O–H groups in total. The fraction of sp³-hybridized carbons (Fsp3) is 0.167. The van der Waals surface area contributed by atoms with Gasteiger partial charge in [0.05, 0.1) is 16.5 Å². The van der Waals surface area contributed by atoms with Gasteiger partial charge in [-0.25, -0.2) is 12.8 Å². The van der Waals surface area contributed by atoms with Crippen molar-refractivity contribution in [2.45, 2.75) is 17.2 Å². The van der Waals surface area contributed by atoms with Gasteiger partial charge in [0.1, 0.15) is 5.82 Å². The molecule has 3 aromatic rings. The summed E-state index contributed by atoms with van der Waals surface area (Å²) in [4.78, 5) is 12.6. The van der Waals surface area contributed by atoms with Crippen LogP contribution < -0.4 is 5.32 Å². The minimum absolute atomic E-state index is 0.157. The lowest BCUT2D eigenvalue weighted by Crippen LogP contribution is -2.25. The molecule has 3 rings (SSSR count). The Balaban J connectivity index is 1.76. The smallest absolute Gasteiger partial charge is 0.251 e. The second-order valence-electron chi connectivity index (χ2n) is 7.18. The molecule has 31 heavy (non-hydrogen) atoms. The van der Waals surface area contributed by atoms with Crippen LogP contribution in [-0.2, 0) is 9.84 Å². The molecule has 1 atom stereocenters. The van der Waals surface area contributed by atoms with E-state index in [-0.39, 0.29) is 22.5 Å². The van der Waals surface area contributed by atoms with Gasteiger partial charge in [-0.3, -0.25) is 4.79 Å². The van der Waals surface area contributed by atoms with Crippen LogP contribution in [0.3, 0.4) is 0 Å². The van der Waals surface area contributed by atoms with Gasteiger partial charge < -0.3 is 5.32 Å². The minimum Gasteiger partial charge on any atom is -0.352 e. The predicted molar refractivity (Wildman–Crippen MR) is 116 cm³/mol. The fourth-order valence-electron chi connectivity index (χ4n) is 3.30. The number of nitrogens with zero attached hydrogens (tertiary/aromatic N) is 1. The Hall–Kier alpha value is -3.50. The van der Waals surface area contributed by atoms with Crippen molar-refractivity contribution in [3.8, 4) is 6.07 Å². The van der Waals surface area contributed by atoms with E-state index in [0.717, 1.165) is 17.4 Å². The fourth-order valence-corrected chi connectivity index (χ4v) is 3.93. The van der Waals surface area contributed by atoms with Gasteiger partial charge >= 0.3 is 0 Å². The summed E-state index contributed by atoms with van der Waals surface area (Å²) in [7, 11) is -3.31. The molecule has 0 saturated carbocycles. The number of carbonyl (C=O) groups is 1. The van der Waals surface area contributed by atoms with E-state index in [9.17, 15) is 17.6 Å². The molecule has 158 valence electrons. The van der Waals surface area contributed by atoms with Crippen molar-refractivity contribution in [3.05, 3.63) is 101 Å². The van der Waals surface area contributed by atoms with E-state index >= 15 is 0 Å². The first-order valence-corrected chi connectivity index (χ1v) is 11.5. The molecule has 0 radical (unpaired) electrons. The maximum Gasteiger partial charge on any atom is 0.251 e. The van der Waals surface area contributed by atoms with E-state index in [0.29, 0.717) is 24.1 Å². The molecule has 5 nitrogen and oxygen atoms in total. The van der Waals surface area contributed by atoms with Crippen LogP contribution in [0.4, 0.5) is 4.39 Å². The van der Waals surface area contributed by atoms with E-state index in [1.807, 2.05) is 6.07 Å². The highest BCUT2D eigenvalue weighted by Gasteiger charge is 2.17. The number of carbonyl (C=O) groups excluding carboxylic acids is 1. The molecule has 0 bridgehead atoms. The molecule has 7 heteroatoms. The van der Waals surface area contributed by atoms with Gasteiger partial charge in [-0.1, -0.05) is 24.3 Å². The quantitative estimate of drug-likeness (QED) is 0.605. The first kappa shape index (κ1) is 22.2. The van der Waals surface area contributed by atoms with Crippen molar-refractivity contribution in [1.29, 1.82) is 5.26 Å². The standard InChI is InChI=1S/C24H21FN2O3S/c1-31(29,30)22-12-8-19(9-13-22)23(18-6-10-21(25)11-7-18)14-15-27-24(28)20-4-2-17(16-26)3-5-20/h2-13,23H,14-15H2,1H3,(H,27,28)/t23-/m0/s1. The third kappa shape index (κ3) is 5.77. The Labute approximate surface area is 181 Å². The molecule has 0 aliphatic rings. The molecule has 0 aliphatic carbocycles. The van der Waals surface area contributed by atoms with Gasteiger partial charge in [0.2, 0.25) is 0 Å². The summed E-state index contributed by atoms with van der Waals surface area (Å²) in [6.07, 6.45) is 1.68. The lowest BCUT2D eigenvalue weighted by molar-refractivity contribution is 0.0952. The average molecular weight is 437 g/mol. The monoisotopic (exact) mass is 436 g/mol. The highest BCUT2D eigenvalue weighted by atomic mass is 32.2. The number of amides is 1. The number of benzene rings is 3. The number of halogens is 1. The summed E-state index contributed by atoms with van der Waals surface area (Å²) in [5, 5.41) is 11.7. The van der Waals surface area contributed by atoms with Gasteiger partial charge in [-0.05, 0) is 66.1 Å². The van der Waals surface area contributed by atoms with Gasteiger partial charge in [-0.15, -0.1) is 0 Å². The van der Waals surface area contributed by atoms with Crippen LogP contribution in [0.25, 0.3) is 0 Å². The first-order valence-electron chi connectivity index (χ1n) is 9.62. The second-order valence-corrected chi connectivity index (χ2v) is 9.19. The molecular weight excluding hydrogens is 415 g/mol. The van der Waals surface area contributed by atoms with Crippen molar-refractivity contribution < 1.29 is 17.6 Å². The zero-order valence-electron chi connectivity index (χ0n) is 16.9. The topological polar surface area (TPSA) is 87.0 Å². The average Bonchev–Trinajstić information content (AvgIpc) is 2.77. The van der Waals surface area contributed by atoms with E-state index in [2.05, 4.69) is 5.32 Å². The zero-order valence-corrected chi connectivity index (χ0v) is 17.7. The molecule has 0 fully saturated rings. The lowest BCUT2D eigenvalue weighted by Gasteiger charge is -2.19. The van der Waals surface area contributed by atoms with Gasteiger partial charge in [-0.2, -0.15) is 5.26 Å². The molecule has 0 spiro atoms. The van der Waals surface area contributed by atoms with Gasteiger partial charge in [0, 0.05) is 24.3 Å². The number of hydrogen-bond donors (Lipinski definition) is 1. The largest absolute Gasteiger partial charge is 0.352 e. The Morgan fingerprint density at radius 1 is 0.968 bits per heavy atom. The first-order chi connectivity index (χ1) is 14.8. The van der Waals surface area contributed by atoms with Crippen molar-refractivity contribution in [2.24, 2.45) is 0 Å². The van der Waals surface area contributed by atoms with Crippen LogP contribution in [-0.4, -0.2) is 27.1 Å². The second kappa shape index (κ2) is 9.54. The molecular formula is C24H21FN2O3S. The normalized spacial score (nSPS) is 12.0. The molecule has 0 unspecified atom stereocenters. The Kier molecular flexibility index (Phi) is 6.83. The predicted octanol–water partition coefficient (Wildman–Crippen LogP) is 4.05. The number of nitriles is 1. The summed E-state index contributed by atoms with van der Waals surface area (Å²) < 4.78 is 36.9. The molecule has 0 aliphatic heterocycles. The van der Waals surface area contributed by atoms with Crippen LogP contribution in [0.1, 0.15) is 39.4 Å². The number of hydrogen-bond acceptors (Lipinski definition) is 4. The summed E-state index contributed by atoms with van der Waals surface area (Å²) in [5.74, 6) is -0.755. The number of nitrogens with one attached hydrogen (secondary N) is 1. The SMILES string of the molecule is CS(=O)(=O)c1ccc([C@@H](CCNC(=O)c2ccc(C#N)cc2)c2ccc(F)cc2)cc1. The summed E-state index contributed by atoms with van der Waals surface area (Å²) in [6.45, 7) is 0.356. The summed E-state index contributed by atoms with van der Waals surface area (Å²) >= 11 is 0. The van der Waals surface area contributed by atoms with E-state index in [4.69, 9.17) is 5.26 Å². The number of sulfone groups is 1. The molecule has 0 aromatic heterocycles. The van der Waals surface area contributed by atoms with Crippen LogP contribution in [0, 0.1) is 17.1 Å². The van der Waals surface area contributed by atoms with Gasteiger partial charge in [0.15, 0.2) is 9.84 Å². The van der Waals surface area contributed by atoms with Crippen LogP contribution >= 0.6 is 0 Å². The summed E-state index contributed by atoms with van der Waals surface area (Å²) in [6, 6.07) is 21.1. The Bertz CT molecular complexity index is 1200. The van der Waals surface area contributed by atoms with Crippen molar-refractivity contribution in [3.63, 3.8) is 0 Å². The molecule has 3 aromatic carbocycles. The van der Waals surface area contributed by atoms with E-state index in [1.54, 1.807) is 60.7 Å². The van der Waals surface area contributed by atoms with E-state index in [1.165, 1.54) is 12.1 Å². The molecule has 0 heterocycles. The Morgan fingerprint density at radius 2 is 1.52 bits per heavy atom. The van der Waals surface area contributed by atoms with E-state index < -0.39 is 9.84 Å². The third-order valence-electron chi connectivity index (χ3n) is 4.98. The van der Waals surface area contributed by atoms with Crippen molar-refractivity contribution >= 4 is 15.7 Å². The minimum atomic E-state index is -3.31. The molecule has 1 amide bonds. The lowest BCUT2D eigenvalue weighted by atomic mass is 9.88. The number of rotatable bonds is 7. The van der Waals surface area contributed by atoms with Crippen LogP contribution in [0.15, 0.2) is 77.7 Å². The van der Waals surface area contributed by atoms with Crippen LogP contribution in [0.5, 0.6) is 0 Å². The highest BCUT2D eigenvalue weighted by Crippen LogP contribution is 2.29. The van der Waals surface area contributed by atoms with Crippen molar-refractivity contribution in [2.75, 3.05) is 12.8 Å². The maximum atomic E-state index is 13.4. The summed E-state index contributed by atoms with van der Waals surface area (Å²) in [5.41, 5.74) is 2.66. The maximum absolute atomic E-state index is 13.4. The Morgan fingerprint density at radius 3 is 2.03 bits per heavy atom. The zero-order chi connectivity index (χ0) is 22.4. The third-order valence-corrected chi connectivity index (χ3v) is 6.11. The highest BCUT2D eigenvalue weighted by molar-refractivity contribution is 7.90. The van der Waals surface area contributed by atoms with Crippen molar-refractivity contribution in [1.82, 2.24) is 5.32 Å². The molecule has 0 saturated heterocycles.